The maximum Gasteiger partial charge on any atom is 0.0446 e. The summed E-state index contributed by atoms with van der Waals surface area (Å²) in [7, 11) is 0. The number of hydrogen-bond donors (Lipinski definition) is 1. The van der Waals surface area contributed by atoms with Crippen LogP contribution < -0.4 is 10.2 Å². The monoisotopic (exact) mass is 284 g/mol. The molecule has 0 spiro atoms. The summed E-state index contributed by atoms with van der Waals surface area (Å²) in [5.74, 6) is 0.914. The zero-order chi connectivity index (χ0) is 14.2. The molecule has 3 fully saturated rings. The minimum Gasteiger partial charge on any atom is -0.367 e. The summed E-state index contributed by atoms with van der Waals surface area (Å²) in [4.78, 5) is 2.67. The van der Waals surface area contributed by atoms with Crippen molar-refractivity contribution in [3.63, 3.8) is 0 Å². The Morgan fingerprint density at radius 3 is 2.48 bits per heavy atom. The summed E-state index contributed by atoms with van der Waals surface area (Å²) in [6.45, 7) is 3.45. The van der Waals surface area contributed by atoms with Crippen molar-refractivity contribution in [1.29, 1.82) is 0 Å². The molecule has 4 rings (SSSR count). The molecule has 2 saturated carbocycles. The van der Waals surface area contributed by atoms with Crippen molar-refractivity contribution in [2.24, 2.45) is 5.92 Å². The van der Waals surface area contributed by atoms with Gasteiger partial charge in [0.1, 0.15) is 0 Å². The molecule has 0 unspecified atom stereocenters. The van der Waals surface area contributed by atoms with Gasteiger partial charge >= 0.3 is 0 Å². The van der Waals surface area contributed by atoms with Crippen LogP contribution in [-0.2, 0) is 0 Å². The van der Waals surface area contributed by atoms with Gasteiger partial charge in [-0.05, 0) is 50.7 Å². The van der Waals surface area contributed by atoms with E-state index in [2.05, 4.69) is 41.4 Å². The first-order chi connectivity index (χ1) is 10.3. The molecule has 3 aliphatic rings. The van der Waals surface area contributed by atoms with Crippen LogP contribution in [0.1, 0.15) is 50.5 Å². The molecular weight excluding hydrogens is 256 g/mol. The molecule has 2 bridgehead atoms. The fourth-order valence-electron chi connectivity index (χ4n) is 4.81. The van der Waals surface area contributed by atoms with Crippen LogP contribution in [0.4, 0.5) is 5.69 Å². The summed E-state index contributed by atoms with van der Waals surface area (Å²) in [5.41, 5.74) is 2.79. The molecule has 3 atom stereocenters. The molecule has 1 saturated heterocycles. The third kappa shape index (κ3) is 2.70. The fraction of sp³-hybridized carbons (Fsp3) is 0.684. The Morgan fingerprint density at radius 2 is 1.76 bits per heavy atom. The summed E-state index contributed by atoms with van der Waals surface area (Å²) < 4.78 is 0. The largest absolute Gasteiger partial charge is 0.367 e. The van der Waals surface area contributed by atoms with Gasteiger partial charge in [0.25, 0.3) is 0 Å². The van der Waals surface area contributed by atoms with Gasteiger partial charge in [0.2, 0.25) is 0 Å². The maximum absolute atomic E-state index is 4.02. The average molecular weight is 284 g/mol. The number of rotatable bonds is 3. The number of fused-ring (bicyclic) bond motifs is 2. The Kier molecular flexibility index (Phi) is 3.66. The zero-order valence-electron chi connectivity index (χ0n) is 13.2. The van der Waals surface area contributed by atoms with Crippen molar-refractivity contribution in [2.45, 2.75) is 70.0 Å². The Balaban J connectivity index is 1.45. The second-order valence-electron chi connectivity index (χ2n) is 7.50. The highest BCUT2D eigenvalue weighted by Crippen LogP contribution is 2.41. The first-order valence-electron chi connectivity index (χ1n) is 8.89. The quantitative estimate of drug-likeness (QED) is 0.906. The SMILES string of the molecule is Cc1ccc(N2C[C@@H]3C[C@H](NC4CCCCC4)[C@H]2C3)cc1. The summed E-state index contributed by atoms with van der Waals surface area (Å²) in [6.07, 6.45) is 9.92. The third-order valence-corrected chi connectivity index (χ3v) is 5.90. The fourth-order valence-corrected chi connectivity index (χ4v) is 4.81. The van der Waals surface area contributed by atoms with E-state index in [9.17, 15) is 0 Å². The standard InChI is InChI=1S/C19H28N2/c1-14-7-9-17(10-8-14)21-13-15-11-18(19(21)12-15)20-16-5-3-2-4-6-16/h7-10,15-16,18-20H,2-6,11-13H2,1H3/t15-,18+,19-/m1/s1. The minimum atomic E-state index is 0.730. The second-order valence-corrected chi connectivity index (χ2v) is 7.50. The van der Waals surface area contributed by atoms with Gasteiger partial charge in [-0.25, -0.2) is 0 Å². The van der Waals surface area contributed by atoms with E-state index in [1.807, 2.05) is 0 Å². The molecule has 2 heteroatoms. The van der Waals surface area contributed by atoms with Crippen molar-refractivity contribution in [3.05, 3.63) is 29.8 Å². The molecular formula is C19H28N2. The number of benzene rings is 1. The predicted octanol–water partition coefficient (Wildman–Crippen LogP) is 3.88. The van der Waals surface area contributed by atoms with E-state index >= 15 is 0 Å². The zero-order valence-corrected chi connectivity index (χ0v) is 13.2. The predicted molar refractivity (Wildman–Crippen MR) is 88.8 cm³/mol. The van der Waals surface area contributed by atoms with E-state index in [-0.39, 0.29) is 0 Å². The van der Waals surface area contributed by atoms with E-state index in [4.69, 9.17) is 0 Å². The number of anilines is 1. The molecule has 0 aromatic heterocycles. The Hall–Kier alpha value is -1.02. The van der Waals surface area contributed by atoms with Gasteiger partial charge in [-0.1, -0.05) is 37.0 Å². The number of hydrogen-bond acceptors (Lipinski definition) is 2. The van der Waals surface area contributed by atoms with Crippen LogP contribution in [0.15, 0.2) is 24.3 Å². The highest BCUT2D eigenvalue weighted by molar-refractivity contribution is 5.51. The molecule has 1 aromatic carbocycles. The molecule has 114 valence electrons. The Morgan fingerprint density at radius 1 is 1.00 bits per heavy atom. The molecule has 0 amide bonds. The van der Waals surface area contributed by atoms with Crippen molar-refractivity contribution >= 4 is 5.69 Å². The molecule has 0 radical (unpaired) electrons. The summed E-state index contributed by atoms with van der Waals surface area (Å²) in [5, 5.41) is 4.02. The molecule has 2 aliphatic carbocycles. The van der Waals surface area contributed by atoms with E-state index in [0.29, 0.717) is 0 Å². The maximum atomic E-state index is 4.02. The van der Waals surface area contributed by atoms with Gasteiger partial charge in [-0.3, -0.25) is 0 Å². The van der Waals surface area contributed by atoms with Crippen LogP contribution in [0.5, 0.6) is 0 Å². The molecule has 1 N–H and O–H groups in total. The van der Waals surface area contributed by atoms with Crippen molar-refractivity contribution in [2.75, 3.05) is 11.4 Å². The topological polar surface area (TPSA) is 15.3 Å². The minimum absolute atomic E-state index is 0.730. The number of aryl methyl sites for hydroxylation is 1. The van der Waals surface area contributed by atoms with Crippen LogP contribution in [0, 0.1) is 12.8 Å². The highest BCUT2D eigenvalue weighted by Gasteiger charge is 2.45. The summed E-state index contributed by atoms with van der Waals surface area (Å²) >= 11 is 0. The van der Waals surface area contributed by atoms with Crippen LogP contribution >= 0.6 is 0 Å². The first kappa shape index (κ1) is 13.6. The van der Waals surface area contributed by atoms with Gasteiger partial charge in [-0.15, -0.1) is 0 Å². The molecule has 1 aliphatic heterocycles. The number of nitrogens with one attached hydrogen (secondary N) is 1. The lowest BCUT2D eigenvalue weighted by atomic mass is 9.93. The number of piperidine rings is 1. The average Bonchev–Trinajstić information content (AvgIpc) is 3.09. The van der Waals surface area contributed by atoms with Crippen LogP contribution in [-0.4, -0.2) is 24.7 Å². The van der Waals surface area contributed by atoms with Crippen molar-refractivity contribution in [3.8, 4) is 0 Å². The van der Waals surface area contributed by atoms with Crippen LogP contribution in [0.3, 0.4) is 0 Å². The van der Waals surface area contributed by atoms with Crippen LogP contribution in [0.2, 0.25) is 0 Å². The normalized spacial score (nSPS) is 32.8. The lowest BCUT2D eigenvalue weighted by Gasteiger charge is -2.38. The lowest BCUT2D eigenvalue weighted by molar-refractivity contribution is 0.308. The number of nitrogens with zero attached hydrogens (tertiary/aromatic N) is 1. The van der Waals surface area contributed by atoms with E-state index < -0.39 is 0 Å². The third-order valence-electron chi connectivity index (χ3n) is 5.90. The van der Waals surface area contributed by atoms with Crippen molar-refractivity contribution < 1.29 is 0 Å². The molecule has 1 heterocycles. The Bertz CT molecular complexity index is 475. The van der Waals surface area contributed by atoms with E-state index in [1.54, 1.807) is 0 Å². The molecule has 21 heavy (non-hydrogen) atoms. The van der Waals surface area contributed by atoms with Gasteiger partial charge in [0.15, 0.2) is 0 Å². The lowest BCUT2D eigenvalue weighted by Crippen LogP contribution is -2.51. The first-order valence-corrected chi connectivity index (χ1v) is 8.89. The highest BCUT2D eigenvalue weighted by atomic mass is 15.2. The summed E-state index contributed by atoms with van der Waals surface area (Å²) in [6, 6.07) is 11.4. The Labute approximate surface area is 128 Å². The van der Waals surface area contributed by atoms with Gasteiger partial charge in [0.05, 0.1) is 0 Å². The van der Waals surface area contributed by atoms with Crippen molar-refractivity contribution in [1.82, 2.24) is 5.32 Å². The smallest absolute Gasteiger partial charge is 0.0446 e. The van der Waals surface area contributed by atoms with Crippen LogP contribution in [0.25, 0.3) is 0 Å². The van der Waals surface area contributed by atoms with E-state index in [1.165, 1.54) is 62.7 Å². The molecule has 2 nitrogen and oxygen atoms in total. The van der Waals surface area contributed by atoms with Gasteiger partial charge < -0.3 is 10.2 Å². The van der Waals surface area contributed by atoms with Gasteiger partial charge in [-0.2, -0.15) is 0 Å². The second kappa shape index (κ2) is 5.64. The van der Waals surface area contributed by atoms with E-state index in [0.717, 1.165) is 24.0 Å². The van der Waals surface area contributed by atoms with Gasteiger partial charge in [0, 0.05) is 30.4 Å². The molecule has 1 aromatic rings.